The molecule has 5 nitrogen and oxygen atoms in total. The van der Waals surface area contributed by atoms with E-state index in [-0.39, 0.29) is 5.56 Å². The van der Waals surface area contributed by atoms with E-state index >= 15 is 0 Å². The number of benzene rings is 1. The maximum absolute atomic E-state index is 14.2. The van der Waals surface area contributed by atoms with Gasteiger partial charge in [-0.25, -0.2) is 14.1 Å². The molecular weight excluding hydrogens is 259 g/mol. The lowest BCUT2D eigenvalue weighted by molar-refractivity contribution is 0.430. The Labute approximate surface area is 113 Å². The number of hydrogen-bond donors (Lipinski definition) is 0. The molecule has 3 rings (SSSR count). The van der Waals surface area contributed by atoms with Gasteiger partial charge in [0.15, 0.2) is 0 Å². The van der Waals surface area contributed by atoms with Gasteiger partial charge in [0.25, 0.3) is 0 Å². The van der Waals surface area contributed by atoms with Crippen LogP contribution < -0.4 is 0 Å². The number of halogens is 1. The average molecular weight is 268 g/mol. The van der Waals surface area contributed by atoms with Crippen LogP contribution in [0.4, 0.5) is 4.39 Å². The van der Waals surface area contributed by atoms with Crippen LogP contribution in [0, 0.1) is 17.1 Å². The average Bonchev–Trinajstić information content (AvgIpc) is 3.14. The van der Waals surface area contributed by atoms with Crippen molar-refractivity contribution in [3.8, 4) is 6.07 Å². The summed E-state index contributed by atoms with van der Waals surface area (Å²) >= 11 is 0. The van der Waals surface area contributed by atoms with Crippen LogP contribution in [0.2, 0.25) is 0 Å². The van der Waals surface area contributed by atoms with Gasteiger partial charge in [0.05, 0.1) is 17.9 Å². The van der Waals surface area contributed by atoms with E-state index in [0.717, 1.165) is 0 Å². The minimum absolute atomic E-state index is 0.267. The van der Waals surface area contributed by atoms with Crippen molar-refractivity contribution in [1.29, 1.82) is 5.26 Å². The van der Waals surface area contributed by atoms with E-state index in [1.165, 1.54) is 29.7 Å². The van der Waals surface area contributed by atoms with Crippen LogP contribution in [-0.4, -0.2) is 14.8 Å². The van der Waals surface area contributed by atoms with Crippen molar-refractivity contribution >= 4 is 0 Å². The van der Waals surface area contributed by atoms with Crippen molar-refractivity contribution < 1.29 is 8.81 Å². The van der Waals surface area contributed by atoms with Crippen molar-refractivity contribution in [2.24, 2.45) is 0 Å². The number of nitriles is 1. The summed E-state index contributed by atoms with van der Waals surface area (Å²) in [5.74, 6) is 0.0556. The SMILES string of the molecule is N#Cc1ccc(C(c2ccco2)n2cncn2)c(F)c1. The standard InChI is InChI=1S/C14H9FN4O/c15-12-6-10(7-16)3-4-11(12)14(13-2-1-5-20-13)19-9-17-8-18-19/h1-6,8-9,14H. The number of rotatable bonds is 3. The number of furan rings is 1. The molecule has 3 aromatic rings. The van der Waals surface area contributed by atoms with Crippen LogP contribution in [0.15, 0.2) is 53.7 Å². The molecule has 0 radical (unpaired) electrons. The third-order valence-electron chi connectivity index (χ3n) is 2.94. The summed E-state index contributed by atoms with van der Waals surface area (Å²) in [6.07, 6.45) is 4.38. The summed E-state index contributed by atoms with van der Waals surface area (Å²) in [7, 11) is 0. The molecule has 0 saturated carbocycles. The summed E-state index contributed by atoms with van der Waals surface area (Å²) in [5, 5.41) is 12.8. The predicted molar refractivity (Wildman–Crippen MR) is 67.1 cm³/mol. The van der Waals surface area contributed by atoms with Crippen molar-refractivity contribution in [2.45, 2.75) is 6.04 Å². The second-order valence-electron chi connectivity index (χ2n) is 4.14. The summed E-state index contributed by atoms with van der Waals surface area (Å²) in [6, 6.07) is 9.13. The molecule has 0 saturated heterocycles. The van der Waals surface area contributed by atoms with Crippen LogP contribution in [-0.2, 0) is 0 Å². The van der Waals surface area contributed by atoms with Gasteiger partial charge in [0.2, 0.25) is 0 Å². The Kier molecular flexibility index (Phi) is 3.01. The van der Waals surface area contributed by atoms with E-state index in [4.69, 9.17) is 9.68 Å². The Morgan fingerprint density at radius 2 is 2.25 bits per heavy atom. The maximum Gasteiger partial charge on any atom is 0.139 e. The molecule has 0 bridgehead atoms. The molecule has 98 valence electrons. The zero-order chi connectivity index (χ0) is 13.9. The Morgan fingerprint density at radius 3 is 2.85 bits per heavy atom. The van der Waals surface area contributed by atoms with Crippen LogP contribution in [0.1, 0.15) is 22.9 Å². The molecule has 1 unspecified atom stereocenters. The summed E-state index contributed by atoms with van der Waals surface area (Å²) in [4.78, 5) is 3.88. The van der Waals surface area contributed by atoms with Crippen molar-refractivity contribution in [2.75, 3.05) is 0 Å². The highest BCUT2D eigenvalue weighted by molar-refractivity contribution is 5.36. The Hall–Kier alpha value is -2.94. The Morgan fingerprint density at radius 1 is 1.35 bits per heavy atom. The van der Waals surface area contributed by atoms with Crippen LogP contribution in [0.5, 0.6) is 0 Å². The zero-order valence-corrected chi connectivity index (χ0v) is 10.3. The minimum atomic E-state index is -0.555. The molecule has 0 aliphatic heterocycles. The summed E-state index contributed by atoms with van der Waals surface area (Å²) < 4.78 is 21.1. The number of nitrogens with zero attached hydrogens (tertiary/aromatic N) is 4. The molecule has 0 aliphatic rings. The molecule has 1 atom stereocenters. The van der Waals surface area contributed by atoms with E-state index in [0.29, 0.717) is 11.3 Å². The highest BCUT2D eigenvalue weighted by Gasteiger charge is 2.23. The maximum atomic E-state index is 14.2. The first-order chi connectivity index (χ1) is 9.79. The topological polar surface area (TPSA) is 67.6 Å². The molecule has 0 aliphatic carbocycles. The summed E-state index contributed by atoms with van der Waals surface area (Å²) in [6.45, 7) is 0. The third kappa shape index (κ3) is 2.06. The third-order valence-corrected chi connectivity index (χ3v) is 2.94. The fraction of sp³-hybridized carbons (Fsp3) is 0.0714. The van der Waals surface area contributed by atoms with Gasteiger partial charge in [-0.2, -0.15) is 10.4 Å². The van der Waals surface area contributed by atoms with E-state index in [1.54, 1.807) is 24.3 Å². The molecule has 0 N–H and O–H groups in total. The molecule has 0 amide bonds. The predicted octanol–water partition coefficient (Wildman–Crippen LogP) is 2.52. The van der Waals surface area contributed by atoms with Gasteiger partial charge in [-0.3, -0.25) is 0 Å². The lowest BCUT2D eigenvalue weighted by atomic mass is 10.0. The fourth-order valence-corrected chi connectivity index (χ4v) is 2.04. The van der Waals surface area contributed by atoms with Crippen molar-refractivity contribution in [3.63, 3.8) is 0 Å². The second kappa shape index (κ2) is 4.97. The van der Waals surface area contributed by atoms with Gasteiger partial charge < -0.3 is 4.42 Å². The van der Waals surface area contributed by atoms with Gasteiger partial charge in [-0.05, 0) is 24.3 Å². The normalized spacial score (nSPS) is 12.0. The first-order valence-electron chi connectivity index (χ1n) is 5.86. The highest BCUT2D eigenvalue weighted by Crippen LogP contribution is 2.28. The molecule has 1 aromatic carbocycles. The molecule has 2 heterocycles. The largest absolute Gasteiger partial charge is 0.467 e. The van der Waals surface area contributed by atoms with Crippen molar-refractivity contribution in [3.05, 3.63) is 72.0 Å². The fourth-order valence-electron chi connectivity index (χ4n) is 2.04. The highest BCUT2D eigenvalue weighted by atomic mass is 19.1. The smallest absolute Gasteiger partial charge is 0.139 e. The Balaban J connectivity index is 2.14. The zero-order valence-electron chi connectivity index (χ0n) is 10.3. The van der Waals surface area contributed by atoms with Crippen LogP contribution in [0.25, 0.3) is 0 Å². The molecule has 0 fully saturated rings. The van der Waals surface area contributed by atoms with Crippen LogP contribution >= 0.6 is 0 Å². The van der Waals surface area contributed by atoms with Gasteiger partial charge in [-0.15, -0.1) is 0 Å². The van der Waals surface area contributed by atoms with E-state index in [9.17, 15) is 4.39 Å². The van der Waals surface area contributed by atoms with Crippen LogP contribution in [0.3, 0.4) is 0 Å². The van der Waals surface area contributed by atoms with Gasteiger partial charge in [0, 0.05) is 5.56 Å². The molecule has 2 aromatic heterocycles. The summed E-state index contributed by atoms with van der Waals surface area (Å²) in [5.41, 5.74) is 0.632. The van der Waals surface area contributed by atoms with Gasteiger partial charge >= 0.3 is 0 Å². The van der Waals surface area contributed by atoms with Gasteiger partial charge in [-0.1, -0.05) is 6.07 Å². The molecular formula is C14H9FN4O. The molecule has 0 spiro atoms. The van der Waals surface area contributed by atoms with E-state index in [2.05, 4.69) is 10.1 Å². The lowest BCUT2D eigenvalue weighted by Crippen LogP contribution is -2.14. The first kappa shape index (κ1) is 12.1. The number of aromatic nitrogens is 3. The Bertz CT molecular complexity index is 710. The molecule has 20 heavy (non-hydrogen) atoms. The minimum Gasteiger partial charge on any atom is -0.467 e. The van der Waals surface area contributed by atoms with Crippen molar-refractivity contribution in [1.82, 2.24) is 14.8 Å². The lowest BCUT2D eigenvalue weighted by Gasteiger charge is -2.16. The molecule has 6 heteroatoms. The first-order valence-corrected chi connectivity index (χ1v) is 5.86. The number of hydrogen-bond acceptors (Lipinski definition) is 4. The van der Waals surface area contributed by atoms with E-state index < -0.39 is 11.9 Å². The van der Waals surface area contributed by atoms with Gasteiger partial charge in [0.1, 0.15) is 30.3 Å². The second-order valence-corrected chi connectivity index (χ2v) is 4.14. The van der Waals surface area contributed by atoms with E-state index in [1.807, 2.05) is 6.07 Å². The quantitative estimate of drug-likeness (QED) is 0.732. The monoisotopic (exact) mass is 268 g/mol.